The van der Waals surface area contributed by atoms with Crippen LogP contribution in [0.3, 0.4) is 0 Å². The second kappa shape index (κ2) is 6.11. The second-order valence-corrected chi connectivity index (χ2v) is 6.75. The van der Waals surface area contributed by atoms with Crippen LogP contribution in [-0.4, -0.2) is 32.5 Å². The van der Waals surface area contributed by atoms with Gasteiger partial charge in [0.15, 0.2) is 0 Å². The lowest BCUT2D eigenvalue weighted by atomic mass is 10.00. The number of hydrogen-bond acceptors (Lipinski definition) is 6. The summed E-state index contributed by atoms with van der Waals surface area (Å²) in [5.41, 5.74) is 1.33. The molecule has 0 saturated carbocycles. The van der Waals surface area contributed by atoms with Gasteiger partial charge in [-0.05, 0) is 18.8 Å². The Balaban J connectivity index is 1.80. The minimum absolute atomic E-state index is 0.144. The lowest BCUT2D eigenvalue weighted by Crippen LogP contribution is -2.35. The molecule has 6 nitrogen and oxygen atoms in total. The zero-order chi connectivity index (χ0) is 14.8. The van der Waals surface area contributed by atoms with Gasteiger partial charge in [0, 0.05) is 30.7 Å². The minimum Gasteiger partial charge on any atom is -0.370 e. The number of hydrogen-bond donors (Lipinski definition) is 0. The number of halogens is 1. The minimum atomic E-state index is -0.144. The molecule has 1 aliphatic rings. The molecule has 1 unspecified atom stereocenters. The molecule has 112 valence electrons. The maximum Gasteiger partial charge on any atom is 0.269 e. The van der Waals surface area contributed by atoms with Gasteiger partial charge in [0.2, 0.25) is 0 Å². The summed E-state index contributed by atoms with van der Waals surface area (Å²) in [6.07, 6.45) is 4.15. The van der Waals surface area contributed by atoms with Gasteiger partial charge in [-0.3, -0.25) is 4.79 Å². The smallest absolute Gasteiger partial charge is 0.269 e. The number of aromatic nitrogens is 4. The summed E-state index contributed by atoms with van der Waals surface area (Å²) in [4.78, 5) is 14.4. The third kappa shape index (κ3) is 3.24. The zero-order valence-corrected chi connectivity index (χ0v) is 13.3. The highest BCUT2D eigenvalue weighted by molar-refractivity contribution is 7.10. The van der Waals surface area contributed by atoms with Crippen molar-refractivity contribution in [2.75, 3.05) is 18.0 Å². The molecule has 3 heterocycles. The molecule has 0 aliphatic carbocycles. The molecule has 21 heavy (non-hydrogen) atoms. The van der Waals surface area contributed by atoms with Crippen LogP contribution < -0.4 is 10.5 Å². The monoisotopic (exact) mass is 325 g/mol. The van der Waals surface area contributed by atoms with E-state index < -0.39 is 0 Å². The van der Waals surface area contributed by atoms with Gasteiger partial charge in [0.05, 0.1) is 18.4 Å². The quantitative estimate of drug-likeness (QED) is 0.864. The van der Waals surface area contributed by atoms with E-state index in [1.165, 1.54) is 11.1 Å². The van der Waals surface area contributed by atoms with Gasteiger partial charge >= 0.3 is 0 Å². The van der Waals surface area contributed by atoms with Crippen LogP contribution in [0.1, 0.15) is 25.5 Å². The van der Waals surface area contributed by atoms with Crippen molar-refractivity contribution in [3.8, 4) is 0 Å². The summed E-state index contributed by atoms with van der Waals surface area (Å²) in [6.45, 7) is 4.45. The van der Waals surface area contributed by atoms with Crippen LogP contribution in [0.4, 0.5) is 5.69 Å². The van der Waals surface area contributed by atoms with E-state index in [0.29, 0.717) is 15.9 Å². The second-order valence-electron chi connectivity index (χ2n) is 5.40. The van der Waals surface area contributed by atoms with E-state index in [0.717, 1.165) is 36.7 Å². The first-order valence-corrected chi connectivity index (χ1v) is 8.07. The molecule has 0 spiro atoms. The van der Waals surface area contributed by atoms with Gasteiger partial charge in [0.25, 0.3) is 5.56 Å². The first-order valence-electron chi connectivity index (χ1n) is 6.92. The van der Waals surface area contributed by atoms with Crippen molar-refractivity contribution in [1.29, 1.82) is 0 Å². The average molecular weight is 326 g/mol. The summed E-state index contributed by atoms with van der Waals surface area (Å²) >= 11 is 7.06. The van der Waals surface area contributed by atoms with Crippen molar-refractivity contribution in [1.82, 2.24) is 19.4 Å². The van der Waals surface area contributed by atoms with Crippen LogP contribution in [0.15, 0.2) is 17.1 Å². The molecule has 0 amide bonds. The van der Waals surface area contributed by atoms with Gasteiger partial charge in [-0.25, -0.2) is 4.68 Å². The first kappa shape index (κ1) is 14.5. The zero-order valence-electron chi connectivity index (χ0n) is 11.7. The van der Waals surface area contributed by atoms with Crippen molar-refractivity contribution in [2.24, 2.45) is 5.92 Å². The van der Waals surface area contributed by atoms with E-state index in [2.05, 4.69) is 26.5 Å². The molecular formula is C13H16ClN5OS. The SMILES string of the molecule is CC1CCCN(c2cnn(Cc3nnsc3Cl)c(=O)c2)C1. The lowest BCUT2D eigenvalue weighted by Gasteiger charge is -2.32. The van der Waals surface area contributed by atoms with E-state index in [1.54, 1.807) is 12.3 Å². The highest BCUT2D eigenvalue weighted by Crippen LogP contribution is 2.21. The van der Waals surface area contributed by atoms with E-state index in [1.807, 2.05) is 0 Å². The Morgan fingerprint density at radius 3 is 3.05 bits per heavy atom. The highest BCUT2D eigenvalue weighted by atomic mass is 35.5. The summed E-state index contributed by atoms with van der Waals surface area (Å²) in [5, 5.41) is 8.14. The van der Waals surface area contributed by atoms with Crippen LogP contribution in [0.5, 0.6) is 0 Å². The molecule has 8 heteroatoms. The Morgan fingerprint density at radius 1 is 1.52 bits per heavy atom. The Hall–Kier alpha value is -1.47. The molecule has 0 N–H and O–H groups in total. The van der Waals surface area contributed by atoms with Crippen molar-refractivity contribution in [2.45, 2.75) is 26.3 Å². The Bertz CT molecular complexity index is 685. The average Bonchev–Trinajstić information content (AvgIpc) is 2.86. The van der Waals surface area contributed by atoms with Crippen LogP contribution in [0.2, 0.25) is 4.34 Å². The fraction of sp³-hybridized carbons (Fsp3) is 0.538. The van der Waals surface area contributed by atoms with Crippen molar-refractivity contribution in [3.63, 3.8) is 0 Å². The molecule has 0 radical (unpaired) electrons. The van der Waals surface area contributed by atoms with Gasteiger partial charge in [-0.15, -0.1) is 5.10 Å². The van der Waals surface area contributed by atoms with E-state index in [-0.39, 0.29) is 12.1 Å². The number of piperidine rings is 1. The molecule has 0 bridgehead atoms. The molecular weight excluding hydrogens is 310 g/mol. The largest absolute Gasteiger partial charge is 0.370 e. The highest BCUT2D eigenvalue weighted by Gasteiger charge is 2.18. The summed E-state index contributed by atoms with van der Waals surface area (Å²) in [5.74, 6) is 0.654. The van der Waals surface area contributed by atoms with Gasteiger partial charge in [-0.2, -0.15) is 5.10 Å². The van der Waals surface area contributed by atoms with Crippen LogP contribution in [-0.2, 0) is 6.54 Å². The summed E-state index contributed by atoms with van der Waals surface area (Å²) in [7, 11) is 0. The van der Waals surface area contributed by atoms with E-state index in [4.69, 9.17) is 11.6 Å². The first-order chi connectivity index (χ1) is 10.1. The number of nitrogens with zero attached hydrogens (tertiary/aromatic N) is 5. The Labute approximate surface area is 131 Å². The Morgan fingerprint density at radius 2 is 2.38 bits per heavy atom. The third-order valence-corrected chi connectivity index (χ3v) is 4.67. The fourth-order valence-electron chi connectivity index (χ4n) is 2.57. The van der Waals surface area contributed by atoms with Crippen molar-refractivity contribution >= 4 is 28.8 Å². The van der Waals surface area contributed by atoms with Gasteiger partial charge in [0.1, 0.15) is 10.0 Å². The van der Waals surface area contributed by atoms with Crippen molar-refractivity contribution in [3.05, 3.63) is 32.6 Å². The molecule has 1 aliphatic heterocycles. The van der Waals surface area contributed by atoms with E-state index >= 15 is 0 Å². The van der Waals surface area contributed by atoms with Crippen molar-refractivity contribution < 1.29 is 0 Å². The van der Waals surface area contributed by atoms with Crippen LogP contribution in [0.25, 0.3) is 0 Å². The molecule has 3 rings (SSSR count). The van der Waals surface area contributed by atoms with Gasteiger partial charge in [-0.1, -0.05) is 23.0 Å². The standard InChI is InChI=1S/C13H16ClN5OS/c1-9-3-2-4-18(7-9)10-5-12(20)19(15-6-10)8-11-13(14)21-17-16-11/h5-6,9H,2-4,7-8H2,1H3. The predicted molar refractivity (Wildman–Crippen MR) is 83.1 cm³/mol. The van der Waals surface area contributed by atoms with Crippen LogP contribution in [0, 0.1) is 5.92 Å². The summed E-state index contributed by atoms with van der Waals surface area (Å²) < 4.78 is 5.61. The molecule has 1 fully saturated rings. The molecule has 2 aromatic heterocycles. The summed E-state index contributed by atoms with van der Waals surface area (Å²) in [6, 6.07) is 1.64. The number of rotatable bonds is 3. The maximum absolute atomic E-state index is 12.2. The molecule has 1 atom stereocenters. The Kier molecular flexibility index (Phi) is 4.21. The molecule has 2 aromatic rings. The molecule has 0 aromatic carbocycles. The normalized spacial score (nSPS) is 19.0. The topological polar surface area (TPSA) is 63.9 Å². The predicted octanol–water partition coefficient (Wildman–Crippen LogP) is 2.03. The maximum atomic E-state index is 12.2. The fourth-order valence-corrected chi connectivity index (χ4v) is 3.18. The lowest BCUT2D eigenvalue weighted by molar-refractivity contribution is 0.445. The molecule has 1 saturated heterocycles. The van der Waals surface area contributed by atoms with Crippen LogP contribution >= 0.6 is 23.1 Å². The third-order valence-electron chi connectivity index (χ3n) is 3.69. The van der Waals surface area contributed by atoms with E-state index in [9.17, 15) is 4.79 Å². The van der Waals surface area contributed by atoms with Gasteiger partial charge < -0.3 is 4.90 Å². The number of anilines is 1.